The van der Waals surface area contributed by atoms with E-state index < -0.39 is 5.60 Å². The average Bonchev–Trinajstić information content (AvgIpc) is 2.67. The van der Waals surface area contributed by atoms with Gasteiger partial charge in [-0.3, -0.25) is 0 Å². The third-order valence-corrected chi connectivity index (χ3v) is 3.92. The van der Waals surface area contributed by atoms with E-state index in [4.69, 9.17) is 4.74 Å². The molecule has 1 saturated heterocycles. The Hall–Kier alpha value is -0.900. The SMILES string of the molecule is Cc1cccc(C(C)NCC2(O)CCOC2C)c1. The molecule has 3 nitrogen and oxygen atoms in total. The van der Waals surface area contributed by atoms with Gasteiger partial charge in [-0.05, 0) is 26.3 Å². The van der Waals surface area contributed by atoms with E-state index in [1.165, 1.54) is 11.1 Å². The van der Waals surface area contributed by atoms with Gasteiger partial charge in [-0.1, -0.05) is 29.8 Å². The lowest BCUT2D eigenvalue weighted by molar-refractivity contribution is -0.0274. The van der Waals surface area contributed by atoms with Crippen molar-refractivity contribution in [2.45, 2.75) is 44.9 Å². The summed E-state index contributed by atoms with van der Waals surface area (Å²) in [7, 11) is 0. The molecule has 18 heavy (non-hydrogen) atoms. The van der Waals surface area contributed by atoms with E-state index in [1.54, 1.807) is 0 Å². The van der Waals surface area contributed by atoms with Gasteiger partial charge in [0.2, 0.25) is 0 Å². The Balaban J connectivity index is 1.94. The number of hydrogen-bond acceptors (Lipinski definition) is 3. The van der Waals surface area contributed by atoms with E-state index >= 15 is 0 Å². The molecule has 0 amide bonds. The van der Waals surface area contributed by atoms with Crippen LogP contribution in [0.4, 0.5) is 0 Å². The van der Waals surface area contributed by atoms with Crippen molar-refractivity contribution in [2.75, 3.05) is 13.2 Å². The van der Waals surface area contributed by atoms with E-state index in [9.17, 15) is 5.11 Å². The van der Waals surface area contributed by atoms with Crippen LogP contribution in [0.15, 0.2) is 24.3 Å². The van der Waals surface area contributed by atoms with Crippen LogP contribution in [-0.2, 0) is 4.74 Å². The molecule has 3 heteroatoms. The summed E-state index contributed by atoms with van der Waals surface area (Å²) >= 11 is 0. The Labute approximate surface area is 109 Å². The molecule has 100 valence electrons. The van der Waals surface area contributed by atoms with Crippen LogP contribution in [-0.4, -0.2) is 30.0 Å². The maximum atomic E-state index is 10.4. The number of aliphatic hydroxyl groups is 1. The predicted molar refractivity (Wildman–Crippen MR) is 72.6 cm³/mol. The minimum Gasteiger partial charge on any atom is -0.386 e. The van der Waals surface area contributed by atoms with Crippen molar-refractivity contribution in [1.29, 1.82) is 0 Å². The van der Waals surface area contributed by atoms with Crippen LogP contribution in [0.5, 0.6) is 0 Å². The van der Waals surface area contributed by atoms with Gasteiger partial charge in [0, 0.05) is 25.6 Å². The van der Waals surface area contributed by atoms with Gasteiger partial charge in [-0.15, -0.1) is 0 Å². The molecule has 1 aromatic carbocycles. The Bertz CT molecular complexity index is 407. The predicted octanol–water partition coefficient (Wildman–Crippen LogP) is 2.19. The van der Waals surface area contributed by atoms with E-state index in [0.717, 1.165) is 0 Å². The van der Waals surface area contributed by atoms with Crippen molar-refractivity contribution in [3.05, 3.63) is 35.4 Å². The Kier molecular flexibility index (Phi) is 4.05. The molecule has 1 aliphatic heterocycles. The van der Waals surface area contributed by atoms with Gasteiger partial charge < -0.3 is 15.2 Å². The first-order valence-electron chi connectivity index (χ1n) is 6.65. The van der Waals surface area contributed by atoms with Crippen LogP contribution >= 0.6 is 0 Å². The number of aryl methyl sites for hydroxylation is 1. The zero-order valence-corrected chi connectivity index (χ0v) is 11.4. The van der Waals surface area contributed by atoms with Crippen molar-refractivity contribution in [3.8, 4) is 0 Å². The quantitative estimate of drug-likeness (QED) is 0.859. The molecule has 0 bridgehead atoms. The topological polar surface area (TPSA) is 41.5 Å². The smallest absolute Gasteiger partial charge is 0.105 e. The minimum atomic E-state index is -0.724. The summed E-state index contributed by atoms with van der Waals surface area (Å²) in [5.41, 5.74) is 1.79. The first-order chi connectivity index (χ1) is 8.51. The highest BCUT2D eigenvalue weighted by Gasteiger charge is 2.39. The molecule has 0 aliphatic carbocycles. The van der Waals surface area contributed by atoms with Crippen molar-refractivity contribution in [3.63, 3.8) is 0 Å². The highest BCUT2D eigenvalue weighted by Crippen LogP contribution is 2.25. The second kappa shape index (κ2) is 5.39. The summed E-state index contributed by atoms with van der Waals surface area (Å²) in [6.07, 6.45) is 0.622. The molecule has 0 saturated carbocycles. The largest absolute Gasteiger partial charge is 0.386 e. The first kappa shape index (κ1) is 13.5. The summed E-state index contributed by atoms with van der Waals surface area (Å²) in [6, 6.07) is 8.69. The molecule has 3 unspecified atom stereocenters. The molecule has 1 fully saturated rings. The molecular weight excluding hydrogens is 226 g/mol. The third kappa shape index (κ3) is 2.91. The van der Waals surface area contributed by atoms with Crippen LogP contribution in [0, 0.1) is 6.92 Å². The second-order valence-corrected chi connectivity index (χ2v) is 5.38. The number of benzene rings is 1. The molecule has 3 atom stereocenters. The van der Waals surface area contributed by atoms with Gasteiger partial charge in [-0.25, -0.2) is 0 Å². The molecule has 1 heterocycles. The van der Waals surface area contributed by atoms with E-state index in [-0.39, 0.29) is 12.1 Å². The van der Waals surface area contributed by atoms with Gasteiger partial charge in [0.15, 0.2) is 0 Å². The van der Waals surface area contributed by atoms with Crippen LogP contribution in [0.2, 0.25) is 0 Å². The van der Waals surface area contributed by atoms with Gasteiger partial charge in [-0.2, -0.15) is 0 Å². The molecule has 0 aromatic heterocycles. The monoisotopic (exact) mass is 249 g/mol. The number of ether oxygens (including phenoxy) is 1. The highest BCUT2D eigenvalue weighted by atomic mass is 16.5. The lowest BCUT2D eigenvalue weighted by Gasteiger charge is -2.28. The van der Waals surface area contributed by atoms with Crippen LogP contribution < -0.4 is 5.32 Å². The van der Waals surface area contributed by atoms with Crippen molar-refractivity contribution >= 4 is 0 Å². The fraction of sp³-hybridized carbons (Fsp3) is 0.600. The maximum Gasteiger partial charge on any atom is 0.105 e. The fourth-order valence-electron chi connectivity index (χ4n) is 2.39. The lowest BCUT2D eigenvalue weighted by Crippen LogP contribution is -2.46. The number of rotatable bonds is 4. The van der Waals surface area contributed by atoms with Gasteiger partial charge >= 0.3 is 0 Å². The van der Waals surface area contributed by atoms with Crippen LogP contribution in [0.1, 0.15) is 37.4 Å². The molecule has 2 rings (SSSR count). The van der Waals surface area contributed by atoms with Gasteiger partial charge in [0.25, 0.3) is 0 Å². The van der Waals surface area contributed by atoms with Crippen molar-refractivity contribution in [2.24, 2.45) is 0 Å². The molecule has 2 N–H and O–H groups in total. The molecular formula is C15H23NO2. The van der Waals surface area contributed by atoms with Gasteiger partial charge in [0.05, 0.1) is 6.10 Å². The number of hydrogen-bond donors (Lipinski definition) is 2. The average molecular weight is 249 g/mol. The summed E-state index contributed by atoms with van der Waals surface area (Å²) in [6.45, 7) is 7.38. The van der Waals surface area contributed by atoms with E-state index in [1.807, 2.05) is 6.92 Å². The summed E-state index contributed by atoms with van der Waals surface area (Å²) in [5, 5.41) is 13.8. The third-order valence-electron chi connectivity index (χ3n) is 3.92. The summed E-state index contributed by atoms with van der Waals surface area (Å²) < 4.78 is 5.44. The lowest BCUT2D eigenvalue weighted by atomic mass is 9.95. The van der Waals surface area contributed by atoms with Crippen LogP contribution in [0.25, 0.3) is 0 Å². The number of nitrogens with one attached hydrogen (secondary N) is 1. The normalized spacial score (nSPS) is 29.4. The molecule has 0 spiro atoms. The van der Waals surface area contributed by atoms with Crippen molar-refractivity contribution < 1.29 is 9.84 Å². The Morgan fingerprint density at radius 3 is 2.94 bits per heavy atom. The van der Waals surface area contributed by atoms with E-state index in [0.29, 0.717) is 19.6 Å². The summed E-state index contributed by atoms with van der Waals surface area (Å²) in [5.74, 6) is 0. The minimum absolute atomic E-state index is 0.0882. The van der Waals surface area contributed by atoms with Crippen LogP contribution in [0.3, 0.4) is 0 Å². The molecule has 1 aliphatic rings. The Morgan fingerprint density at radius 1 is 1.56 bits per heavy atom. The fourth-order valence-corrected chi connectivity index (χ4v) is 2.39. The van der Waals surface area contributed by atoms with E-state index in [2.05, 4.69) is 43.4 Å². The zero-order chi connectivity index (χ0) is 13.2. The molecule has 1 aromatic rings. The maximum absolute atomic E-state index is 10.4. The van der Waals surface area contributed by atoms with Crippen molar-refractivity contribution in [1.82, 2.24) is 5.32 Å². The molecule has 0 radical (unpaired) electrons. The second-order valence-electron chi connectivity index (χ2n) is 5.38. The standard InChI is InChI=1S/C15H23NO2/c1-11-5-4-6-14(9-11)12(2)16-10-15(17)7-8-18-13(15)3/h4-6,9,12-13,16-17H,7-8,10H2,1-3H3. The first-order valence-corrected chi connectivity index (χ1v) is 6.65. The zero-order valence-electron chi connectivity index (χ0n) is 11.4. The highest BCUT2D eigenvalue weighted by molar-refractivity contribution is 5.24. The van der Waals surface area contributed by atoms with Gasteiger partial charge in [0.1, 0.15) is 5.60 Å². The Morgan fingerprint density at radius 2 is 2.33 bits per heavy atom. The summed E-state index contributed by atoms with van der Waals surface area (Å²) in [4.78, 5) is 0.